The highest BCUT2D eigenvalue weighted by Crippen LogP contribution is 2.22. The van der Waals surface area contributed by atoms with E-state index in [2.05, 4.69) is 19.9 Å². The van der Waals surface area contributed by atoms with Crippen LogP contribution in [0.15, 0.2) is 46.2 Å². The van der Waals surface area contributed by atoms with Crippen LogP contribution in [-0.4, -0.2) is 19.9 Å². The fourth-order valence-corrected chi connectivity index (χ4v) is 2.47. The molecule has 0 radical (unpaired) electrons. The largest absolute Gasteiger partial charge is 0.345 e. The summed E-state index contributed by atoms with van der Waals surface area (Å²) in [5, 5.41) is 0.0355. The lowest BCUT2D eigenvalue weighted by Gasteiger charge is -2.16. The van der Waals surface area contributed by atoms with Crippen LogP contribution >= 0.6 is 12.4 Å². The lowest BCUT2D eigenvalue weighted by atomic mass is 9.90. The van der Waals surface area contributed by atoms with Crippen LogP contribution in [0.3, 0.4) is 0 Å². The molecule has 0 aliphatic carbocycles. The zero-order valence-electron chi connectivity index (χ0n) is 15.7. The van der Waals surface area contributed by atoms with Crippen LogP contribution in [0.25, 0.3) is 12.1 Å². The summed E-state index contributed by atoms with van der Waals surface area (Å²) in [6.07, 6.45) is 3.07. The first-order chi connectivity index (χ1) is 12.3. The van der Waals surface area contributed by atoms with E-state index in [-0.39, 0.29) is 34.6 Å². The Kier molecular flexibility index (Phi) is 5.23. The molecule has 26 heavy (non-hydrogen) atoms. The molecule has 2 aromatic heterocycles. The first kappa shape index (κ1) is 17.9. The Bertz CT molecular complexity index is 1170. The van der Waals surface area contributed by atoms with E-state index < -0.39 is 11.1 Å². The van der Waals surface area contributed by atoms with Crippen molar-refractivity contribution in [1.82, 2.24) is 19.9 Å². The van der Waals surface area contributed by atoms with Crippen molar-refractivity contribution in [2.45, 2.75) is 26.2 Å². The molecule has 6 nitrogen and oxygen atoms in total. The summed E-state index contributed by atoms with van der Waals surface area (Å²) in [5.74, 6) is 0. The van der Waals surface area contributed by atoms with Gasteiger partial charge in [0.1, 0.15) is 10.7 Å². The summed E-state index contributed by atoms with van der Waals surface area (Å²) in [5.41, 5.74) is 0.549. The van der Waals surface area contributed by atoms with E-state index in [1.807, 2.05) is 51.1 Å². The highest BCUT2D eigenvalue weighted by Gasteiger charge is 2.19. The Morgan fingerprint density at radius 1 is 1.04 bits per heavy atom. The topological polar surface area (TPSA) is 94.4 Å². The van der Waals surface area contributed by atoms with E-state index in [4.69, 9.17) is 1.37 Å². The SMILES string of the molecule is Cl.[2H]/C(c1[nH]cnc1C(C)(C)C)=c1/[nH]c(=O)/c(=C/c2ccccc2)[nH]c1=O. The normalized spacial score (nSPS) is 13.8. The molecule has 136 valence electrons. The summed E-state index contributed by atoms with van der Waals surface area (Å²) in [7, 11) is 0. The Morgan fingerprint density at radius 3 is 2.31 bits per heavy atom. The number of H-pyrrole nitrogens is 3. The van der Waals surface area contributed by atoms with Gasteiger partial charge in [-0.1, -0.05) is 51.1 Å². The first-order valence-electron chi connectivity index (χ1n) is 8.42. The standard InChI is InChI=1S/C19H20N4O2.ClH/c1-19(2,3)16-13(20-11-21-16)10-15-18(25)22-14(17(24)23-15)9-12-7-5-4-6-8-12;/h4-11H,1-3H3,(H,20,21)(H,22,25)(H,23,24);1H/b14-9-,15-10-;/i10D;. The molecular formula is C19H21ClN4O2. The van der Waals surface area contributed by atoms with Crippen molar-refractivity contribution in [3.63, 3.8) is 0 Å². The highest BCUT2D eigenvalue weighted by atomic mass is 35.5. The van der Waals surface area contributed by atoms with Crippen LogP contribution in [0.1, 0.15) is 39.1 Å². The molecule has 0 spiro atoms. The molecule has 3 rings (SSSR count). The predicted octanol–water partition coefficient (Wildman–Crippen LogP) is 1.16. The molecule has 3 N–H and O–H groups in total. The van der Waals surface area contributed by atoms with Crippen molar-refractivity contribution in [2.24, 2.45) is 0 Å². The van der Waals surface area contributed by atoms with E-state index in [9.17, 15) is 9.59 Å². The van der Waals surface area contributed by atoms with Gasteiger partial charge in [0.2, 0.25) is 0 Å². The van der Waals surface area contributed by atoms with E-state index in [0.717, 1.165) is 5.56 Å². The summed E-state index contributed by atoms with van der Waals surface area (Å²) in [6.45, 7) is 5.89. The van der Waals surface area contributed by atoms with Gasteiger partial charge in [0.25, 0.3) is 11.1 Å². The molecule has 0 amide bonds. The Balaban J connectivity index is 0.00000261. The molecule has 0 fully saturated rings. The minimum absolute atomic E-state index is 0. The smallest absolute Gasteiger partial charge is 0.272 e. The molecule has 0 aliphatic heterocycles. The third kappa shape index (κ3) is 4.21. The Labute approximate surface area is 157 Å². The van der Waals surface area contributed by atoms with Gasteiger partial charge in [0, 0.05) is 5.41 Å². The lowest BCUT2D eigenvalue weighted by Crippen LogP contribution is -2.46. The number of rotatable bonds is 2. The van der Waals surface area contributed by atoms with E-state index in [0.29, 0.717) is 11.4 Å². The maximum Gasteiger partial charge on any atom is 0.272 e. The molecule has 3 aromatic rings. The van der Waals surface area contributed by atoms with Crippen molar-refractivity contribution in [3.8, 4) is 0 Å². The van der Waals surface area contributed by atoms with E-state index >= 15 is 0 Å². The predicted molar refractivity (Wildman–Crippen MR) is 105 cm³/mol. The van der Waals surface area contributed by atoms with Gasteiger partial charge < -0.3 is 15.0 Å². The average Bonchev–Trinajstić information content (AvgIpc) is 3.08. The number of nitrogens with one attached hydrogen (secondary N) is 3. The molecule has 0 unspecified atom stereocenters. The van der Waals surface area contributed by atoms with Crippen LogP contribution < -0.4 is 21.8 Å². The van der Waals surface area contributed by atoms with Crippen LogP contribution in [0.4, 0.5) is 0 Å². The highest BCUT2D eigenvalue weighted by molar-refractivity contribution is 5.85. The molecule has 0 atom stereocenters. The maximum absolute atomic E-state index is 12.5. The molecule has 0 bridgehead atoms. The number of nitrogens with zero attached hydrogens (tertiary/aromatic N) is 1. The first-order valence-corrected chi connectivity index (χ1v) is 7.92. The van der Waals surface area contributed by atoms with Gasteiger partial charge in [-0.2, -0.15) is 0 Å². The van der Waals surface area contributed by atoms with Gasteiger partial charge in [-0.25, -0.2) is 4.98 Å². The van der Waals surface area contributed by atoms with E-state index in [1.54, 1.807) is 6.08 Å². The maximum atomic E-state index is 12.5. The number of imidazole rings is 1. The van der Waals surface area contributed by atoms with Crippen molar-refractivity contribution in [2.75, 3.05) is 0 Å². The molecule has 2 heterocycles. The summed E-state index contributed by atoms with van der Waals surface area (Å²) < 4.78 is 8.37. The van der Waals surface area contributed by atoms with Gasteiger partial charge in [-0.15, -0.1) is 12.4 Å². The van der Waals surface area contributed by atoms with Gasteiger partial charge in [0.05, 0.1) is 19.1 Å². The van der Waals surface area contributed by atoms with Gasteiger partial charge >= 0.3 is 0 Å². The zero-order valence-corrected chi connectivity index (χ0v) is 15.5. The molecule has 0 aliphatic rings. The molecular weight excluding hydrogens is 352 g/mol. The third-order valence-electron chi connectivity index (χ3n) is 3.67. The fraction of sp³-hybridized carbons (Fsp3) is 0.211. The van der Waals surface area contributed by atoms with Crippen molar-refractivity contribution < 1.29 is 1.37 Å². The lowest BCUT2D eigenvalue weighted by molar-refractivity contribution is 0.571. The fourth-order valence-electron chi connectivity index (χ4n) is 2.47. The summed E-state index contributed by atoms with van der Waals surface area (Å²) >= 11 is 0. The Morgan fingerprint density at radius 2 is 1.65 bits per heavy atom. The van der Waals surface area contributed by atoms with Crippen molar-refractivity contribution in [1.29, 1.82) is 0 Å². The summed E-state index contributed by atoms with van der Waals surface area (Å²) in [4.78, 5) is 37.1. The minimum atomic E-state index is -0.536. The second-order valence-electron chi connectivity index (χ2n) is 6.75. The van der Waals surface area contributed by atoms with E-state index in [1.165, 1.54) is 6.33 Å². The third-order valence-corrected chi connectivity index (χ3v) is 3.67. The Hall–Kier alpha value is -2.86. The van der Waals surface area contributed by atoms with Crippen molar-refractivity contribution in [3.05, 3.63) is 85.0 Å². The van der Waals surface area contributed by atoms with Gasteiger partial charge in [0.15, 0.2) is 0 Å². The number of benzene rings is 1. The van der Waals surface area contributed by atoms with Gasteiger partial charge in [-0.3, -0.25) is 9.59 Å². The monoisotopic (exact) mass is 373 g/mol. The number of halogens is 1. The average molecular weight is 374 g/mol. The molecule has 7 heteroatoms. The second kappa shape index (κ2) is 7.58. The molecule has 0 saturated carbocycles. The minimum Gasteiger partial charge on any atom is -0.345 e. The number of aromatic nitrogens is 4. The number of hydrogen-bond donors (Lipinski definition) is 3. The van der Waals surface area contributed by atoms with Crippen molar-refractivity contribution >= 4 is 24.5 Å². The van der Waals surface area contributed by atoms with Gasteiger partial charge in [-0.05, 0) is 17.7 Å². The molecule has 0 saturated heterocycles. The van der Waals surface area contributed by atoms with Crippen LogP contribution in [0, 0.1) is 0 Å². The second-order valence-corrected chi connectivity index (χ2v) is 6.75. The van der Waals surface area contributed by atoms with Crippen LogP contribution in [0.2, 0.25) is 0 Å². The zero-order chi connectivity index (χ0) is 18.9. The quantitative estimate of drug-likeness (QED) is 0.629. The summed E-state index contributed by atoms with van der Waals surface area (Å²) in [6, 6.07) is 9.11. The number of aromatic amines is 3. The van der Waals surface area contributed by atoms with Crippen LogP contribution in [-0.2, 0) is 5.41 Å². The molecule has 1 aromatic carbocycles. The van der Waals surface area contributed by atoms with Crippen LogP contribution in [0.5, 0.6) is 0 Å². The number of hydrogen-bond acceptors (Lipinski definition) is 3.